The minimum Gasteiger partial charge on any atom is -0.341 e. The van der Waals surface area contributed by atoms with Crippen LogP contribution in [0.25, 0.3) is 11.8 Å². The normalized spacial score (nSPS) is 18.5. The first-order chi connectivity index (χ1) is 14.7. The summed E-state index contributed by atoms with van der Waals surface area (Å²) in [6.07, 6.45) is 0.349. The lowest BCUT2D eigenvalue weighted by Crippen LogP contribution is -2.40. The van der Waals surface area contributed by atoms with Crippen LogP contribution in [0, 0.1) is 0 Å². The molecule has 0 radical (unpaired) electrons. The number of hydrogen-bond acceptors (Lipinski definition) is 4. The number of hydrogen-bond donors (Lipinski definition) is 0. The first-order valence-corrected chi connectivity index (χ1v) is 10.4. The van der Waals surface area contributed by atoms with Gasteiger partial charge in [0.1, 0.15) is 6.54 Å². The van der Waals surface area contributed by atoms with Crippen molar-refractivity contribution in [1.82, 2.24) is 14.4 Å². The molecule has 6 nitrogen and oxygen atoms in total. The summed E-state index contributed by atoms with van der Waals surface area (Å²) in [5.41, 5.74) is -0.0735. The van der Waals surface area contributed by atoms with Crippen LogP contribution in [-0.2, 0) is 15.8 Å². The number of alkyl halides is 3. The van der Waals surface area contributed by atoms with Gasteiger partial charge in [-0.1, -0.05) is 6.07 Å². The zero-order valence-corrected chi connectivity index (χ0v) is 17.1. The fourth-order valence-electron chi connectivity index (χ4n) is 3.55. The Kier molecular flexibility index (Phi) is 5.65. The largest absolute Gasteiger partial charge is 0.416 e. The molecule has 0 unspecified atom stereocenters. The molecule has 2 aromatic rings. The molecule has 1 aromatic carbocycles. The van der Waals surface area contributed by atoms with E-state index < -0.39 is 22.9 Å². The molecule has 3 amide bonds. The van der Waals surface area contributed by atoms with Crippen molar-refractivity contribution >= 4 is 34.9 Å². The van der Waals surface area contributed by atoms with E-state index in [4.69, 9.17) is 0 Å². The summed E-state index contributed by atoms with van der Waals surface area (Å²) < 4.78 is 40.6. The highest BCUT2D eigenvalue weighted by atomic mass is 32.2. The average Bonchev–Trinajstić information content (AvgIpc) is 3.46. The third kappa shape index (κ3) is 4.39. The predicted molar refractivity (Wildman–Crippen MR) is 109 cm³/mol. The van der Waals surface area contributed by atoms with Crippen LogP contribution in [0.3, 0.4) is 0 Å². The predicted octanol–water partition coefficient (Wildman–Crippen LogP) is 4.15. The number of rotatable bonds is 4. The Bertz CT molecular complexity index is 1070. The van der Waals surface area contributed by atoms with Gasteiger partial charge < -0.3 is 9.47 Å². The van der Waals surface area contributed by atoms with Crippen LogP contribution in [0.5, 0.6) is 0 Å². The summed E-state index contributed by atoms with van der Waals surface area (Å²) in [5.74, 6) is -0.854. The Morgan fingerprint density at radius 3 is 2.55 bits per heavy atom. The van der Waals surface area contributed by atoms with Gasteiger partial charge in [-0.2, -0.15) is 13.2 Å². The molecule has 2 aliphatic heterocycles. The first kappa shape index (κ1) is 21.2. The van der Waals surface area contributed by atoms with Gasteiger partial charge >= 0.3 is 6.18 Å². The smallest absolute Gasteiger partial charge is 0.341 e. The molecule has 0 N–H and O–H groups in total. The topological polar surface area (TPSA) is 62.6 Å². The number of thioether (sulfide) groups is 1. The molecule has 162 valence electrons. The lowest BCUT2D eigenvalue weighted by molar-refractivity contribution is -0.137. The minimum atomic E-state index is -4.48. The highest BCUT2D eigenvalue weighted by Crippen LogP contribution is 2.34. The van der Waals surface area contributed by atoms with Gasteiger partial charge in [-0.15, -0.1) is 0 Å². The highest BCUT2D eigenvalue weighted by Gasteiger charge is 2.37. The van der Waals surface area contributed by atoms with E-state index in [0.29, 0.717) is 30.5 Å². The lowest BCUT2D eigenvalue weighted by Gasteiger charge is -2.18. The van der Waals surface area contributed by atoms with Crippen LogP contribution < -0.4 is 0 Å². The summed E-state index contributed by atoms with van der Waals surface area (Å²) in [7, 11) is 0. The fourth-order valence-corrected chi connectivity index (χ4v) is 4.37. The summed E-state index contributed by atoms with van der Waals surface area (Å²) in [5, 5.41) is -0.541. The minimum absolute atomic E-state index is 0.117. The van der Waals surface area contributed by atoms with Gasteiger partial charge in [-0.3, -0.25) is 19.3 Å². The molecule has 2 aliphatic rings. The molecule has 1 aromatic heterocycles. The van der Waals surface area contributed by atoms with Crippen molar-refractivity contribution in [3.8, 4) is 5.69 Å². The third-order valence-electron chi connectivity index (χ3n) is 5.14. The van der Waals surface area contributed by atoms with Crippen molar-refractivity contribution in [3.05, 3.63) is 58.8 Å². The van der Waals surface area contributed by atoms with Crippen molar-refractivity contribution in [1.29, 1.82) is 0 Å². The summed E-state index contributed by atoms with van der Waals surface area (Å²) in [6.45, 7) is 0.932. The van der Waals surface area contributed by atoms with Gasteiger partial charge in [0, 0.05) is 30.7 Å². The van der Waals surface area contributed by atoms with Gasteiger partial charge in [-0.25, -0.2) is 0 Å². The summed E-state index contributed by atoms with van der Waals surface area (Å²) in [6, 6.07) is 8.08. The number of amides is 3. The maximum Gasteiger partial charge on any atom is 0.416 e. The molecule has 2 fully saturated rings. The van der Waals surface area contributed by atoms with Crippen LogP contribution >= 0.6 is 11.8 Å². The monoisotopic (exact) mass is 449 g/mol. The quantitative estimate of drug-likeness (QED) is 0.658. The molecule has 4 rings (SSSR count). The van der Waals surface area contributed by atoms with Crippen LogP contribution in [0.1, 0.15) is 24.1 Å². The van der Waals surface area contributed by atoms with E-state index in [-0.39, 0.29) is 23.0 Å². The van der Waals surface area contributed by atoms with Gasteiger partial charge in [-0.05, 0) is 61.0 Å². The van der Waals surface area contributed by atoms with E-state index in [0.717, 1.165) is 29.9 Å². The Morgan fingerprint density at radius 1 is 1.10 bits per heavy atom. The molecule has 0 aliphatic carbocycles. The third-order valence-corrected chi connectivity index (χ3v) is 6.04. The zero-order chi connectivity index (χ0) is 22.2. The molecule has 10 heteroatoms. The number of carbonyl (C=O) groups is 3. The molecule has 31 heavy (non-hydrogen) atoms. The van der Waals surface area contributed by atoms with E-state index in [9.17, 15) is 27.6 Å². The van der Waals surface area contributed by atoms with E-state index in [1.54, 1.807) is 23.2 Å². The Hall–Kier alpha value is -3.01. The summed E-state index contributed by atoms with van der Waals surface area (Å²) >= 11 is 0.710. The fraction of sp³-hybridized carbons (Fsp3) is 0.286. The van der Waals surface area contributed by atoms with E-state index in [1.165, 1.54) is 22.8 Å². The SMILES string of the molecule is O=C(CN1C(=O)S/C(=C/c2cccn2-c2cccc(C(F)(F)F)c2)C1=O)N1CCCC1. The van der Waals surface area contributed by atoms with Gasteiger partial charge in [0.25, 0.3) is 11.1 Å². The number of likely N-dealkylation sites (tertiary alicyclic amines) is 1. The second-order valence-electron chi connectivity index (χ2n) is 7.21. The molecule has 0 atom stereocenters. The number of carbonyl (C=O) groups excluding carboxylic acids is 3. The number of nitrogens with zero attached hydrogens (tertiary/aromatic N) is 3. The van der Waals surface area contributed by atoms with Crippen molar-refractivity contribution in [2.24, 2.45) is 0 Å². The second-order valence-corrected chi connectivity index (χ2v) is 8.20. The Labute approximate surface area is 180 Å². The maximum absolute atomic E-state index is 13.0. The van der Waals surface area contributed by atoms with Gasteiger partial charge in [0.15, 0.2) is 0 Å². The number of imide groups is 1. The van der Waals surface area contributed by atoms with Crippen molar-refractivity contribution < 1.29 is 27.6 Å². The summed E-state index contributed by atoms with van der Waals surface area (Å²) in [4.78, 5) is 40.0. The van der Waals surface area contributed by atoms with Crippen molar-refractivity contribution in [3.63, 3.8) is 0 Å². The first-order valence-electron chi connectivity index (χ1n) is 9.62. The van der Waals surface area contributed by atoms with E-state index in [2.05, 4.69) is 0 Å². The van der Waals surface area contributed by atoms with E-state index in [1.807, 2.05) is 0 Å². The molecular weight excluding hydrogens is 431 g/mol. The van der Waals surface area contributed by atoms with Crippen LogP contribution in [0.2, 0.25) is 0 Å². The molecule has 3 heterocycles. The van der Waals surface area contributed by atoms with Crippen LogP contribution in [0.15, 0.2) is 47.5 Å². The lowest BCUT2D eigenvalue weighted by atomic mass is 10.2. The standard InChI is InChI=1S/C21H18F3N3O3S/c22-21(23,24)14-5-3-6-15(11-14)26-10-4-7-16(26)12-17-19(29)27(20(30)31-17)13-18(28)25-8-1-2-9-25/h3-7,10-12H,1-2,8-9,13H2/b17-12+. The Morgan fingerprint density at radius 2 is 1.84 bits per heavy atom. The molecule has 0 bridgehead atoms. The number of halogens is 3. The van der Waals surface area contributed by atoms with Gasteiger partial charge in [0.05, 0.1) is 10.5 Å². The average molecular weight is 449 g/mol. The zero-order valence-electron chi connectivity index (χ0n) is 16.3. The van der Waals surface area contributed by atoms with Crippen LogP contribution in [-0.4, -0.2) is 51.1 Å². The van der Waals surface area contributed by atoms with Crippen molar-refractivity contribution in [2.45, 2.75) is 19.0 Å². The molecule has 2 saturated heterocycles. The molecule has 0 saturated carbocycles. The Balaban J connectivity index is 1.57. The van der Waals surface area contributed by atoms with Gasteiger partial charge in [0.2, 0.25) is 5.91 Å². The van der Waals surface area contributed by atoms with Crippen molar-refractivity contribution in [2.75, 3.05) is 19.6 Å². The number of aromatic nitrogens is 1. The van der Waals surface area contributed by atoms with E-state index >= 15 is 0 Å². The number of benzene rings is 1. The second kappa shape index (κ2) is 8.26. The molecule has 0 spiro atoms. The highest BCUT2D eigenvalue weighted by molar-refractivity contribution is 8.18. The molecular formula is C21H18F3N3O3S. The maximum atomic E-state index is 13.0. The van der Waals surface area contributed by atoms with Crippen LogP contribution in [0.4, 0.5) is 18.0 Å².